The second-order valence-electron chi connectivity index (χ2n) is 5.22. The zero-order valence-corrected chi connectivity index (χ0v) is 15.0. The van der Waals surface area contributed by atoms with Gasteiger partial charge in [-0.2, -0.15) is 8.61 Å². The van der Waals surface area contributed by atoms with Crippen LogP contribution in [-0.2, 0) is 20.0 Å². The van der Waals surface area contributed by atoms with Gasteiger partial charge in [0.15, 0.2) is 0 Å². The van der Waals surface area contributed by atoms with Gasteiger partial charge >= 0.3 is 0 Å². The fourth-order valence-corrected chi connectivity index (χ4v) is 5.61. The fraction of sp³-hybridized carbons (Fsp3) is 0.571. The molecule has 9 heteroatoms. The Bertz CT molecular complexity index is 737. The molecule has 1 fully saturated rings. The summed E-state index contributed by atoms with van der Waals surface area (Å²) < 4.78 is 53.1. The Balaban J connectivity index is 2.40. The normalized spacial score (nSPS) is 17.5. The van der Waals surface area contributed by atoms with Crippen LogP contribution in [-0.4, -0.2) is 64.7 Å². The number of nitrogens with zero attached hydrogens (tertiary/aromatic N) is 2. The molecule has 1 aromatic carbocycles. The van der Waals surface area contributed by atoms with Crippen molar-refractivity contribution in [2.45, 2.75) is 23.6 Å². The lowest BCUT2D eigenvalue weighted by Crippen LogP contribution is -2.46. The van der Waals surface area contributed by atoms with Crippen LogP contribution in [0.25, 0.3) is 0 Å². The minimum atomic E-state index is -3.68. The number of nitrogens with one attached hydrogen (secondary N) is 1. The summed E-state index contributed by atoms with van der Waals surface area (Å²) in [5.41, 5.74) is 0. The molecule has 0 unspecified atom stereocenters. The number of hydrogen-bond donors (Lipinski definition) is 1. The van der Waals surface area contributed by atoms with Crippen molar-refractivity contribution in [2.75, 3.05) is 39.3 Å². The number of benzene rings is 1. The Morgan fingerprint density at radius 2 is 1.61 bits per heavy atom. The third-order valence-corrected chi connectivity index (χ3v) is 7.80. The van der Waals surface area contributed by atoms with Crippen LogP contribution in [0.4, 0.5) is 0 Å². The topological polar surface area (TPSA) is 86.8 Å². The van der Waals surface area contributed by atoms with Gasteiger partial charge < -0.3 is 5.32 Å². The maximum atomic E-state index is 12.7. The van der Waals surface area contributed by atoms with E-state index < -0.39 is 20.0 Å². The van der Waals surface area contributed by atoms with E-state index in [4.69, 9.17) is 0 Å². The molecule has 7 nitrogen and oxygen atoms in total. The third-order valence-electron chi connectivity index (χ3n) is 3.86. The fourth-order valence-electron chi connectivity index (χ4n) is 2.54. The second-order valence-corrected chi connectivity index (χ2v) is 9.09. The van der Waals surface area contributed by atoms with Crippen LogP contribution in [0.3, 0.4) is 0 Å². The summed E-state index contributed by atoms with van der Waals surface area (Å²) in [6.45, 7) is 6.14. The number of hydrogen-bond acceptors (Lipinski definition) is 5. The molecule has 1 heterocycles. The summed E-state index contributed by atoms with van der Waals surface area (Å²) in [6.07, 6.45) is 0. The minimum Gasteiger partial charge on any atom is -0.314 e. The van der Waals surface area contributed by atoms with Crippen molar-refractivity contribution in [1.29, 1.82) is 0 Å². The molecule has 2 rings (SSSR count). The van der Waals surface area contributed by atoms with E-state index in [-0.39, 0.29) is 9.79 Å². The van der Waals surface area contributed by atoms with Gasteiger partial charge in [-0.05, 0) is 18.2 Å². The van der Waals surface area contributed by atoms with Gasteiger partial charge in [0.05, 0.1) is 9.79 Å². The molecule has 1 N–H and O–H groups in total. The van der Waals surface area contributed by atoms with Gasteiger partial charge in [0.1, 0.15) is 0 Å². The first kappa shape index (κ1) is 18.3. The van der Waals surface area contributed by atoms with Gasteiger partial charge in [0.25, 0.3) is 0 Å². The van der Waals surface area contributed by atoms with Crippen molar-refractivity contribution >= 4 is 20.0 Å². The maximum Gasteiger partial charge on any atom is 0.243 e. The minimum absolute atomic E-state index is 0.0115. The quantitative estimate of drug-likeness (QED) is 0.788. The van der Waals surface area contributed by atoms with E-state index in [0.717, 1.165) is 0 Å². The Hall–Kier alpha value is -1.00. The van der Waals surface area contributed by atoms with Gasteiger partial charge in [-0.15, -0.1) is 0 Å². The highest BCUT2D eigenvalue weighted by Crippen LogP contribution is 2.22. The molecule has 0 saturated carbocycles. The lowest BCUT2D eigenvalue weighted by Gasteiger charge is -2.27. The van der Waals surface area contributed by atoms with Crippen LogP contribution < -0.4 is 5.32 Å². The molecule has 0 amide bonds. The van der Waals surface area contributed by atoms with Crippen molar-refractivity contribution < 1.29 is 16.8 Å². The zero-order chi connectivity index (χ0) is 17.1. The lowest BCUT2D eigenvalue weighted by molar-refractivity contribution is 0.360. The molecule has 0 aliphatic carbocycles. The van der Waals surface area contributed by atoms with Crippen LogP contribution in [0.2, 0.25) is 0 Å². The summed E-state index contributed by atoms with van der Waals surface area (Å²) in [4.78, 5) is 0.0324. The average Bonchev–Trinajstić information content (AvgIpc) is 2.56. The van der Waals surface area contributed by atoms with Crippen molar-refractivity contribution in [3.63, 3.8) is 0 Å². The molecule has 0 radical (unpaired) electrons. The van der Waals surface area contributed by atoms with Crippen molar-refractivity contribution in [2.24, 2.45) is 0 Å². The van der Waals surface area contributed by atoms with E-state index in [0.29, 0.717) is 39.3 Å². The largest absolute Gasteiger partial charge is 0.314 e. The van der Waals surface area contributed by atoms with Gasteiger partial charge in [-0.25, -0.2) is 16.8 Å². The van der Waals surface area contributed by atoms with E-state index in [1.54, 1.807) is 13.8 Å². The summed E-state index contributed by atoms with van der Waals surface area (Å²) in [7, 11) is -7.35. The van der Waals surface area contributed by atoms with Gasteiger partial charge in [-0.1, -0.05) is 19.9 Å². The average molecular weight is 361 g/mol. The van der Waals surface area contributed by atoms with E-state index in [1.807, 2.05) is 0 Å². The number of sulfonamides is 2. The molecule has 23 heavy (non-hydrogen) atoms. The van der Waals surface area contributed by atoms with Crippen molar-refractivity contribution in [3.05, 3.63) is 24.3 Å². The van der Waals surface area contributed by atoms with Crippen LogP contribution in [0.1, 0.15) is 13.8 Å². The zero-order valence-electron chi connectivity index (χ0n) is 13.4. The SMILES string of the molecule is CCN(CC)S(=O)(=O)c1cccc(S(=O)(=O)N2CCNCC2)c1. The standard InChI is InChI=1S/C14H23N3O4S2/c1-3-16(4-2)22(18,19)13-6-5-7-14(12-13)23(20,21)17-10-8-15-9-11-17/h5-7,12,15H,3-4,8-11H2,1-2H3. The third kappa shape index (κ3) is 3.74. The number of piperazine rings is 1. The summed E-state index contributed by atoms with van der Waals surface area (Å²) in [6, 6.07) is 5.61. The predicted octanol–water partition coefficient (Wildman–Crippen LogP) is 0.311. The monoisotopic (exact) mass is 361 g/mol. The second kappa shape index (κ2) is 7.27. The Morgan fingerprint density at radius 3 is 2.17 bits per heavy atom. The molecular formula is C14H23N3O4S2. The van der Waals surface area contributed by atoms with Crippen molar-refractivity contribution in [1.82, 2.24) is 13.9 Å². The Labute approximate surface area is 138 Å². The van der Waals surface area contributed by atoms with E-state index in [9.17, 15) is 16.8 Å². The molecule has 130 valence electrons. The van der Waals surface area contributed by atoms with E-state index in [1.165, 1.54) is 32.9 Å². The first-order valence-corrected chi connectivity index (χ1v) is 10.5. The summed E-state index contributed by atoms with van der Waals surface area (Å²) in [5.74, 6) is 0. The van der Waals surface area contributed by atoms with Gasteiger partial charge in [0, 0.05) is 39.3 Å². The van der Waals surface area contributed by atoms with E-state index in [2.05, 4.69) is 5.32 Å². The Kier molecular flexibility index (Phi) is 5.79. The molecule has 0 bridgehead atoms. The van der Waals surface area contributed by atoms with Crippen LogP contribution in [0.5, 0.6) is 0 Å². The smallest absolute Gasteiger partial charge is 0.243 e. The molecule has 0 spiro atoms. The first-order chi connectivity index (χ1) is 10.8. The molecule has 0 aromatic heterocycles. The molecule has 1 aliphatic heterocycles. The van der Waals surface area contributed by atoms with Gasteiger partial charge in [-0.3, -0.25) is 0 Å². The van der Waals surface area contributed by atoms with Crippen LogP contribution >= 0.6 is 0 Å². The molecule has 1 aromatic rings. The van der Waals surface area contributed by atoms with Crippen LogP contribution in [0, 0.1) is 0 Å². The summed E-state index contributed by atoms with van der Waals surface area (Å²) >= 11 is 0. The summed E-state index contributed by atoms with van der Waals surface area (Å²) in [5, 5.41) is 3.10. The highest BCUT2D eigenvalue weighted by Gasteiger charge is 2.28. The highest BCUT2D eigenvalue weighted by molar-refractivity contribution is 7.90. The predicted molar refractivity (Wildman–Crippen MR) is 88.2 cm³/mol. The number of rotatable bonds is 6. The maximum absolute atomic E-state index is 12.7. The van der Waals surface area contributed by atoms with Gasteiger partial charge in [0.2, 0.25) is 20.0 Å². The van der Waals surface area contributed by atoms with Crippen molar-refractivity contribution in [3.8, 4) is 0 Å². The highest BCUT2D eigenvalue weighted by atomic mass is 32.2. The molecule has 1 saturated heterocycles. The molecule has 0 atom stereocenters. The molecular weight excluding hydrogens is 338 g/mol. The molecule has 1 aliphatic rings. The van der Waals surface area contributed by atoms with E-state index >= 15 is 0 Å². The lowest BCUT2D eigenvalue weighted by atomic mass is 10.4. The van der Waals surface area contributed by atoms with Crippen LogP contribution in [0.15, 0.2) is 34.1 Å². The Morgan fingerprint density at radius 1 is 1.04 bits per heavy atom. The first-order valence-electron chi connectivity index (χ1n) is 7.65.